The van der Waals surface area contributed by atoms with E-state index in [1.807, 2.05) is 0 Å². The Hall–Kier alpha value is -1.35. The van der Waals surface area contributed by atoms with Crippen LogP contribution in [-0.4, -0.2) is 29.7 Å². The molecule has 2 heterocycles. The lowest BCUT2D eigenvalue weighted by Crippen LogP contribution is -1.94. The van der Waals surface area contributed by atoms with E-state index < -0.39 is 16.5 Å². The van der Waals surface area contributed by atoms with E-state index in [1.165, 1.54) is 6.33 Å². The molecule has 0 amide bonds. The molecule has 6 N–H and O–H groups in total. The Labute approximate surface area is 106 Å². The summed E-state index contributed by atoms with van der Waals surface area (Å²) in [5.74, 6) is 0.287. The summed E-state index contributed by atoms with van der Waals surface area (Å²) in [6, 6.07) is 0. The number of aromatic amines is 2. The third kappa shape index (κ3) is 4.49. The van der Waals surface area contributed by atoms with E-state index in [0.717, 1.165) is 0 Å². The van der Waals surface area contributed by atoms with Crippen molar-refractivity contribution in [3.63, 3.8) is 0 Å². The van der Waals surface area contributed by atoms with Crippen LogP contribution in [0.1, 0.15) is 0 Å². The molecule has 0 aliphatic rings. The molecule has 0 saturated heterocycles. The summed E-state index contributed by atoms with van der Waals surface area (Å²) >= 11 is 4.91. The molecule has 0 spiro atoms. The number of nitrogens with one attached hydrogen (secondary N) is 2. The number of rotatable bonds is 2. The predicted molar refractivity (Wildman–Crippen MR) is 64.2 cm³/mol. The molecule has 96 valence electrons. The molecule has 18 heavy (non-hydrogen) atoms. The summed E-state index contributed by atoms with van der Waals surface area (Å²) in [6.45, 7) is 0. The molecule has 2 rings (SSSR count). The summed E-state index contributed by atoms with van der Waals surface area (Å²) in [5, 5.41) is 0. The SMILES string of the molecule is Nc1nc(=S)c2[nH]cnc2[nH]1.O=[P+](O)O[P+](=O)O. The molecule has 10 nitrogen and oxygen atoms in total. The van der Waals surface area contributed by atoms with Crippen molar-refractivity contribution in [1.29, 1.82) is 0 Å². The molecule has 13 heteroatoms. The number of anilines is 1. The molecule has 2 unspecified atom stereocenters. The van der Waals surface area contributed by atoms with Crippen molar-refractivity contribution in [3.8, 4) is 0 Å². The lowest BCUT2D eigenvalue weighted by molar-refractivity contribution is 0.371. The van der Waals surface area contributed by atoms with Gasteiger partial charge in [0.15, 0.2) is 14.6 Å². The van der Waals surface area contributed by atoms with E-state index >= 15 is 0 Å². The Balaban J connectivity index is 0.000000203. The monoisotopic (exact) mass is 311 g/mol. The Kier molecular flexibility index (Phi) is 5.35. The Bertz CT molecular complexity index is 628. The number of imidazole rings is 1. The van der Waals surface area contributed by atoms with Gasteiger partial charge in [-0.15, -0.1) is 9.79 Å². The molecular weight excluding hydrogens is 304 g/mol. The standard InChI is InChI=1S/C5H5N5S.O5P2/c6-5-9-3-2(4(11)10-5)7-1-8-3;1-6(2)5-7(3)4/h1H,(H4,6,7,8,9,10,11);/p+2. The molecule has 0 saturated carbocycles. The molecule has 0 aliphatic carbocycles. The van der Waals surface area contributed by atoms with Crippen LogP contribution >= 0.6 is 28.7 Å². The smallest absolute Gasteiger partial charge is 0.369 e. The highest BCUT2D eigenvalue weighted by atomic mass is 32.1. The molecule has 0 radical (unpaired) electrons. The van der Waals surface area contributed by atoms with Gasteiger partial charge in [-0.1, -0.05) is 12.2 Å². The predicted octanol–water partition coefficient (Wildman–Crippen LogP) is 0.900. The van der Waals surface area contributed by atoms with Gasteiger partial charge in [0.05, 0.1) is 6.33 Å². The van der Waals surface area contributed by atoms with Crippen LogP contribution in [0.25, 0.3) is 11.2 Å². The maximum atomic E-state index is 9.39. The zero-order valence-electron chi connectivity index (χ0n) is 8.47. The van der Waals surface area contributed by atoms with E-state index in [0.29, 0.717) is 15.8 Å². The van der Waals surface area contributed by atoms with Crippen LogP contribution in [-0.2, 0) is 13.4 Å². The Morgan fingerprint density at radius 1 is 1.39 bits per heavy atom. The van der Waals surface area contributed by atoms with Gasteiger partial charge < -0.3 is 15.7 Å². The van der Waals surface area contributed by atoms with Gasteiger partial charge in [0.2, 0.25) is 5.95 Å². The zero-order valence-corrected chi connectivity index (χ0v) is 11.1. The number of aromatic nitrogens is 4. The maximum absolute atomic E-state index is 9.39. The molecule has 0 aliphatic heterocycles. The zero-order chi connectivity index (χ0) is 13.7. The molecule has 0 bridgehead atoms. The highest BCUT2D eigenvalue weighted by Gasteiger charge is 2.31. The normalized spacial score (nSPS) is 11.7. The number of H-pyrrole nitrogens is 2. The first-order valence-electron chi connectivity index (χ1n) is 4.09. The van der Waals surface area contributed by atoms with E-state index in [4.69, 9.17) is 27.7 Å². The second-order valence-corrected chi connectivity index (χ2v) is 4.60. The molecule has 2 aromatic rings. The van der Waals surface area contributed by atoms with Crippen LogP contribution in [0.5, 0.6) is 0 Å². The van der Waals surface area contributed by atoms with Gasteiger partial charge >= 0.3 is 16.5 Å². The minimum absolute atomic E-state index is 0.287. The van der Waals surface area contributed by atoms with Crippen molar-refractivity contribution in [2.75, 3.05) is 5.73 Å². The first-order chi connectivity index (χ1) is 8.40. The fraction of sp³-hybridized carbons (Fsp3) is 0. The van der Waals surface area contributed by atoms with E-state index in [-0.39, 0.29) is 5.95 Å². The topological polar surface area (TPSA) is 167 Å². The van der Waals surface area contributed by atoms with Crippen LogP contribution in [0.15, 0.2) is 6.33 Å². The van der Waals surface area contributed by atoms with Gasteiger partial charge in [0.25, 0.3) is 0 Å². The number of hydrogen-bond donors (Lipinski definition) is 5. The Morgan fingerprint density at radius 3 is 2.50 bits per heavy atom. The third-order valence-corrected chi connectivity index (χ3v) is 2.87. The van der Waals surface area contributed by atoms with E-state index in [9.17, 15) is 9.13 Å². The maximum Gasteiger partial charge on any atom is 0.745 e. The van der Waals surface area contributed by atoms with Gasteiger partial charge in [-0.25, -0.2) is 9.97 Å². The van der Waals surface area contributed by atoms with Crippen molar-refractivity contribution in [1.82, 2.24) is 19.9 Å². The number of hydrogen-bond acceptors (Lipinski definition) is 7. The highest BCUT2D eigenvalue weighted by Crippen LogP contribution is 2.30. The van der Waals surface area contributed by atoms with Crippen LogP contribution in [0.2, 0.25) is 0 Å². The van der Waals surface area contributed by atoms with E-state index in [1.54, 1.807) is 0 Å². The van der Waals surface area contributed by atoms with Crippen LogP contribution in [0, 0.1) is 4.64 Å². The first-order valence-corrected chi connectivity index (χ1v) is 6.76. The fourth-order valence-corrected chi connectivity index (χ4v) is 1.66. The summed E-state index contributed by atoms with van der Waals surface area (Å²) in [5.41, 5.74) is 6.75. The minimum Gasteiger partial charge on any atom is -0.369 e. The summed E-state index contributed by atoms with van der Waals surface area (Å²) in [4.78, 5) is 28.7. The second-order valence-electron chi connectivity index (χ2n) is 2.61. The van der Waals surface area contributed by atoms with Crippen molar-refractivity contribution >= 4 is 45.8 Å². The van der Waals surface area contributed by atoms with Gasteiger partial charge in [-0.05, 0) is 0 Å². The minimum atomic E-state index is -2.92. The third-order valence-electron chi connectivity index (χ3n) is 1.46. The highest BCUT2D eigenvalue weighted by molar-refractivity contribution is 7.71. The molecule has 0 aromatic carbocycles. The lowest BCUT2D eigenvalue weighted by atomic mass is 10.6. The quantitative estimate of drug-likeness (QED) is 0.399. The fourth-order valence-electron chi connectivity index (χ4n) is 0.926. The number of fused-ring (bicyclic) bond motifs is 1. The number of nitrogens with zero attached hydrogens (tertiary/aromatic N) is 2. The molecule has 0 fully saturated rings. The average Bonchev–Trinajstić information content (AvgIpc) is 2.63. The van der Waals surface area contributed by atoms with E-state index in [2.05, 4.69) is 24.2 Å². The van der Waals surface area contributed by atoms with Crippen molar-refractivity contribution in [2.45, 2.75) is 0 Å². The average molecular weight is 311 g/mol. The van der Waals surface area contributed by atoms with Crippen LogP contribution < -0.4 is 5.73 Å². The second kappa shape index (κ2) is 6.55. The summed E-state index contributed by atoms with van der Waals surface area (Å²) < 4.78 is 22.6. The number of nitrogen functional groups attached to an aromatic ring is 1. The van der Waals surface area contributed by atoms with Gasteiger partial charge in [0, 0.05) is 9.13 Å². The molecule has 2 atom stereocenters. The first kappa shape index (κ1) is 14.7. The van der Waals surface area contributed by atoms with Crippen molar-refractivity contribution in [3.05, 3.63) is 11.0 Å². The van der Waals surface area contributed by atoms with Gasteiger partial charge in [-0.3, -0.25) is 0 Å². The molecular formula is C5H7N5O5P2S+2. The number of nitrogens with two attached hydrogens (primary N) is 1. The molecule has 2 aromatic heterocycles. The lowest BCUT2D eigenvalue weighted by Gasteiger charge is -1.91. The van der Waals surface area contributed by atoms with Crippen molar-refractivity contribution in [2.24, 2.45) is 0 Å². The largest absolute Gasteiger partial charge is 0.745 e. The van der Waals surface area contributed by atoms with Gasteiger partial charge in [0.1, 0.15) is 5.52 Å². The van der Waals surface area contributed by atoms with Crippen LogP contribution in [0.3, 0.4) is 0 Å². The summed E-state index contributed by atoms with van der Waals surface area (Å²) in [7, 11) is -5.85. The van der Waals surface area contributed by atoms with Gasteiger partial charge in [-0.2, -0.15) is 0 Å². The van der Waals surface area contributed by atoms with Crippen LogP contribution in [0.4, 0.5) is 5.95 Å². The summed E-state index contributed by atoms with van der Waals surface area (Å²) in [6.07, 6.45) is 1.54. The van der Waals surface area contributed by atoms with Crippen molar-refractivity contribution < 1.29 is 23.2 Å². The Morgan fingerprint density at radius 2 is 2.00 bits per heavy atom.